The monoisotopic (exact) mass is 284 g/mol. The van der Waals surface area contributed by atoms with E-state index in [1.54, 1.807) is 0 Å². The van der Waals surface area contributed by atoms with Crippen molar-refractivity contribution in [2.75, 3.05) is 32.8 Å². The van der Waals surface area contributed by atoms with E-state index in [0.29, 0.717) is 12.0 Å². The number of β-amino-alcohol motifs (C(OH)–C–C–N with tert-alkyl or cyclic N) is 1. The quantitative estimate of drug-likeness (QED) is 0.835. The van der Waals surface area contributed by atoms with Crippen LogP contribution in [0.3, 0.4) is 0 Å². The molecule has 1 aliphatic carbocycles. The number of likely N-dealkylation sites (tertiary alicyclic amines) is 1. The van der Waals surface area contributed by atoms with Gasteiger partial charge in [0.2, 0.25) is 0 Å². The summed E-state index contributed by atoms with van der Waals surface area (Å²) in [5.74, 6) is 0.509. The van der Waals surface area contributed by atoms with Crippen molar-refractivity contribution in [3.63, 3.8) is 0 Å². The van der Waals surface area contributed by atoms with Gasteiger partial charge in [0.25, 0.3) is 0 Å². The molecule has 0 aromatic rings. The van der Waals surface area contributed by atoms with Gasteiger partial charge in [0, 0.05) is 25.7 Å². The van der Waals surface area contributed by atoms with Crippen molar-refractivity contribution in [3.8, 4) is 0 Å². The summed E-state index contributed by atoms with van der Waals surface area (Å²) in [7, 11) is 0. The molecule has 1 heterocycles. The van der Waals surface area contributed by atoms with Crippen LogP contribution < -0.4 is 0 Å². The molecule has 116 valence electrons. The summed E-state index contributed by atoms with van der Waals surface area (Å²) in [5, 5.41) is 8.98. The lowest BCUT2D eigenvalue weighted by Crippen LogP contribution is -2.41. The third-order valence-electron chi connectivity index (χ3n) is 3.86. The second-order valence-corrected chi connectivity index (χ2v) is 7.04. The first-order chi connectivity index (χ1) is 9.39. The van der Waals surface area contributed by atoms with Gasteiger partial charge in [-0.3, -0.25) is 0 Å². The molecule has 1 N–H and O–H groups in total. The summed E-state index contributed by atoms with van der Waals surface area (Å²) < 4.78 is 5.52. The topological polar surface area (TPSA) is 53.0 Å². The van der Waals surface area contributed by atoms with Crippen molar-refractivity contribution in [2.24, 2.45) is 5.92 Å². The van der Waals surface area contributed by atoms with E-state index in [0.717, 1.165) is 45.4 Å². The Kier molecular flexibility index (Phi) is 4.91. The van der Waals surface area contributed by atoms with Crippen LogP contribution in [0.25, 0.3) is 0 Å². The third-order valence-corrected chi connectivity index (χ3v) is 3.86. The number of aliphatic hydroxyl groups excluding tert-OH is 1. The largest absolute Gasteiger partial charge is 0.444 e. The zero-order valence-electron chi connectivity index (χ0n) is 13.0. The van der Waals surface area contributed by atoms with Crippen LogP contribution in [0.4, 0.5) is 4.79 Å². The number of nitrogens with zero attached hydrogens (tertiary/aromatic N) is 2. The number of rotatable bonds is 5. The minimum absolute atomic E-state index is 0.166. The van der Waals surface area contributed by atoms with Gasteiger partial charge in [-0.1, -0.05) is 0 Å². The standard InChI is InChI=1S/C15H28N2O3/c1-15(2,3)20-14(19)17(13-4-5-13)11-12-6-7-16(10-12)8-9-18/h12-13,18H,4-11H2,1-3H3/t12-/m1/s1. The summed E-state index contributed by atoms with van der Waals surface area (Å²) >= 11 is 0. The highest BCUT2D eigenvalue weighted by atomic mass is 16.6. The second kappa shape index (κ2) is 6.31. The smallest absolute Gasteiger partial charge is 0.410 e. The second-order valence-electron chi connectivity index (χ2n) is 7.04. The van der Waals surface area contributed by atoms with E-state index < -0.39 is 5.60 Å². The van der Waals surface area contributed by atoms with Crippen molar-refractivity contribution < 1.29 is 14.6 Å². The van der Waals surface area contributed by atoms with E-state index in [4.69, 9.17) is 9.84 Å². The average Bonchev–Trinajstić information content (AvgIpc) is 3.06. The molecule has 2 rings (SSSR count). The number of ether oxygens (including phenoxy) is 1. The van der Waals surface area contributed by atoms with Crippen molar-refractivity contribution in [3.05, 3.63) is 0 Å². The lowest BCUT2D eigenvalue weighted by Gasteiger charge is -2.29. The molecule has 0 aromatic carbocycles. The lowest BCUT2D eigenvalue weighted by molar-refractivity contribution is 0.0204. The van der Waals surface area contributed by atoms with Gasteiger partial charge >= 0.3 is 6.09 Å². The lowest BCUT2D eigenvalue weighted by atomic mass is 10.1. The van der Waals surface area contributed by atoms with Crippen LogP contribution in [0.5, 0.6) is 0 Å². The average molecular weight is 284 g/mol. The van der Waals surface area contributed by atoms with E-state index in [-0.39, 0.29) is 12.7 Å². The highest BCUT2D eigenvalue weighted by molar-refractivity contribution is 5.69. The molecule has 5 nitrogen and oxygen atoms in total. The van der Waals surface area contributed by atoms with Gasteiger partial charge in [-0.05, 0) is 52.5 Å². The molecule has 2 fully saturated rings. The van der Waals surface area contributed by atoms with Gasteiger partial charge in [-0.15, -0.1) is 0 Å². The summed E-state index contributed by atoms with van der Waals surface area (Å²) in [5.41, 5.74) is -0.428. The molecule has 0 unspecified atom stereocenters. The third kappa shape index (κ3) is 4.63. The van der Waals surface area contributed by atoms with Gasteiger partial charge in [-0.25, -0.2) is 4.79 Å². The minimum Gasteiger partial charge on any atom is -0.444 e. The van der Waals surface area contributed by atoms with Crippen molar-refractivity contribution >= 4 is 6.09 Å². The fourth-order valence-electron chi connectivity index (χ4n) is 2.76. The van der Waals surface area contributed by atoms with Crippen LogP contribution in [0.1, 0.15) is 40.0 Å². The summed E-state index contributed by atoms with van der Waals surface area (Å²) in [4.78, 5) is 16.5. The normalized spacial score (nSPS) is 23.9. The molecule has 0 spiro atoms. The first kappa shape index (κ1) is 15.6. The SMILES string of the molecule is CC(C)(C)OC(=O)N(C[C@@H]1CCN(CCO)C1)C1CC1. The van der Waals surface area contributed by atoms with E-state index in [1.165, 1.54) is 0 Å². The molecule has 1 atom stereocenters. The fraction of sp³-hybridized carbons (Fsp3) is 0.933. The van der Waals surface area contributed by atoms with Crippen LogP contribution in [0.2, 0.25) is 0 Å². The van der Waals surface area contributed by atoms with E-state index in [2.05, 4.69) is 4.90 Å². The predicted molar refractivity (Wildman–Crippen MR) is 77.6 cm³/mol. The number of amides is 1. The molecule has 1 saturated carbocycles. The van der Waals surface area contributed by atoms with Crippen molar-refractivity contribution in [2.45, 2.75) is 51.7 Å². The van der Waals surface area contributed by atoms with Crippen LogP contribution in [0, 0.1) is 5.92 Å². The highest BCUT2D eigenvalue weighted by Crippen LogP contribution is 2.30. The molecule has 0 bridgehead atoms. The molecule has 0 aromatic heterocycles. The zero-order chi connectivity index (χ0) is 14.8. The predicted octanol–water partition coefficient (Wildman–Crippen LogP) is 1.70. The molecule has 5 heteroatoms. The number of carbonyl (C=O) groups excluding carboxylic acids is 1. The Morgan fingerprint density at radius 3 is 2.60 bits per heavy atom. The Hall–Kier alpha value is -0.810. The minimum atomic E-state index is -0.428. The van der Waals surface area contributed by atoms with Gasteiger partial charge < -0.3 is 19.6 Å². The summed E-state index contributed by atoms with van der Waals surface area (Å²) in [6.07, 6.45) is 3.14. The molecule has 1 amide bonds. The number of aliphatic hydroxyl groups is 1. The van der Waals surface area contributed by atoms with E-state index in [9.17, 15) is 4.79 Å². The molecule has 20 heavy (non-hydrogen) atoms. The van der Waals surface area contributed by atoms with Crippen LogP contribution in [0.15, 0.2) is 0 Å². The summed E-state index contributed by atoms with van der Waals surface area (Å²) in [6, 6.07) is 0.386. The maximum Gasteiger partial charge on any atom is 0.410 e. The number of hydrogen-bond acceptors (Lipinski definition) is 4. The highest BCUT2D eigenvalue weighted by Gasteiger charge is 2.37. The maximum absolute atomic E-state index is 12.3. The molecule has 2 aliphatic rings. The maximum atomic E-state index is 12.3. The Morgan fingerprint density at radius 1 is 1.35 bits per heavy atom. The first-order valence-corrected chi connectivity index (χ1v) is 7.72. The Bertz CT molecular complexity index is 337. The summed E-state index contributed by atoms with van der Waals surface area (Å²) in [6.45, 7) is 9.49. The van der Waals surface area contributed by atoms with Gasteiger partial charge in [0.1, 0.15) is 5.60 Å². The molecule has 1 aliphatic heterocycles. The molecular weight excluding hydrogens is 256 g/mol. The molecule has 0 radical (unpaired) electrons. The zero-order valence-corrected chi connectivity index (χ0v) is 13.0. The van der Waals surface area contributed by atoms with Gasteiger partial charge in [-0.2, -0.15) is 0 Å². The van der Waals surface area contributed by atoms with E-state index >= 15 is 0 Å². The van der Waals surface area contributed by atoms with Crippen molar-refractivity contribution in [1.82, 2.24) is 9.80 Å². The van der Waals surface area contributed by atoms with Gasteiger partial charge in [0.05, 0.1) is 6.61 Å². The van der Waals surface area contributed by atoms with Crippen LogP contribution in [-0.2, 0) is 4.74 Å². The van der Waals surface area contributed by atoms with Crippen LogP contribution in [-0.4, -0.2) is 65.4 Å². The van der Waals surface area contributed by atoms with E-state index in [1.807, 2.05) is 25.7 Å². The fourth-order valence-corrected chi connectivity index (χ4v) is 2.76. The molecule has 1 saturated heterocycles. The van der Waals surface area contributed by atoms with Crippen LogP contribution >= 0.6 is 0 Å². The Labute approximate surface area is 121 Å². The number of carbonyl (C=O) groups is 1. The molecular formula is C15H28N2O3. The van der Waals surface area contributed by atoms with Gasteiger partial charge in [0.15, 0.2) is 0 Å². The van der Waals surface area contributed by atoms with Crippen molar-refractivity contribution in [1.29, 1.82) is 0 Å². The Morgan fingerprint density at radius 2 is 2.05 bits per heavy atom. The number of hydrogen-bond donors (Lipinski definition) is 1. The Balaban J connectivity index is 1.85. The first-order valence-electron chi connectivity index (χ1n) is 7.72.